The van der Waals surface area contributed by atoms with Gasteiger partial charge in [-0.2, -0.15) is 0 Å². The first-order valence-electron chi connectivity index (χ1n) is 5.93. The van der Waals surface area contributed by atoms with Crippen molar-refractivity contribution in [3.8, 4) is 0 Å². The fourth-order valence-electron chi connectivity index (χ4n) is 1.87. The van der Waals surface area contributed by atoms with Gasteiger partial charge in [0, 0.05) is 16.8 Å². The molecule has 100 valence electrons. The minimum atomic E-state index is -0.328. The number of hydrogen-bond acceptors (Lipinski definition) is 4. The molecule has 0 saturated heterocycles. The number of hydrogen-bond donors (Lipinski definition) is 1. The zero-order valence-corrected chi connectivity index (χ0v) is 12.1. The predicted molar refractivity (Wildman–Crippen MR) is 79.5 cm³/mol. The van der Waals surface area contributed by atoms with E-state index in [1.54, 1.807) is 18.3 Å². The lowest BCUT2D eigenvalue weighted by Gasteiger charge is -2.09. The van der Waals surface area contributed by atoms with Crippen LogP contribution in [0, 0.1) is 12.7 Å². The van der Waals surface area contributed by atoms with E-state index in [1.807, 2.05) is 13.0 Å². The topological polar surface area (TPSA) is 50.7 Å². The maximum atomic E-state index is 13.5. The van der Waals surface area contributed by atoms with Crippen LogP contribution in [0.5, 0.6) is 0 Å². The quantitative estimate of drug-likeness (QED) is 0.771. The number of nitrogens with one attached hydrogen (secondary N) is 1. The molecule has 1 aromatic carbocycles. The lowest BCUT2D eigenvalue weighted by molar-refractivity contribution is 0.622. The first-order valence-corrected chi connectivity index (χ1v) is 6.72. The summed E-state index contributed by atoms with van der Waals surface area (Å²) < 4.78 is 14.0. The first kappa shape index (κ1) is 12.9. The average molecular weight is 333 g/mol. The van der Waals surface area contributed by atoms with Crippen molar-refractivity contribution in [3.63, 3.8) is 0 Å². The minimum absolute atomic E-state index is 0.328. The lowest BCUT2D eigenvalue weighted by Crippen LogP contribution is -1.97. The number of rotatable bonds is 2. The van der Waals surface area contributed by atoms with Gasteiger partial charge >= 0.3 is 0 Å². The molecule has 0 saturated carbocycles. The zero-order valence-electron chi connectivity index (χ0n) is 10.6. The predicted octanol–water partition coefficient (Wildman–Crippen LogP) is 3.98. The second-order valence-electron chi connectivity index (χ2n) is 4.32. The SMILES string of the molecule is Cc1cc2c(Nc3ccc(Br)c(F)c3)ncnc2cn1. The number of benzene rings is 1. The third-order valence-corrected chi connectivity index (χ3v) is 3.48. The third-order valence-electron chi connectivity index (χ3n) is 2.84. The van der Waals surface area contributed by atoms with Gasteiger partial charge < -0.3 is 5.32 Å². The van der Waals surface area contributed by atoms with Gasteiger partial charge in [0.25, 0.3) is 0 Å². The minimum Gasteiger partial charge on any atom is -0.340 e. The molecular formula is C14H10BrFN4. The van der Waals surface area contributed by atoms with E-state index in [0.29, 0.717) is 16.0 Å². The summed E-state index contributed by atoms with van der Waals surface area (Å²) >= 11 is 3.13. The molecule has 0 atom stereocenters. The summed E-state index contributed by atoms with van der Waals surface area (Å²) in [6.07, 6.45) is 3.15. The van der Waals surface area contributed by atoms with Crippen LogP contribution in [0.4, 0.5) is 15.9 Å². The molecule has 2 aromatic heterocycles. The Morgan fingerprint density at radius 3 is 2.80 bits per heavy atom. The van der Waals surface area contributed by atoms with Gasteiger partial charge in [0.15, 0.2) is 0 Å². The Labute approximate surface area is 123 Å². The fourth-order valence-corrected chi connectivity index (χ4v) is 2.12. The van der Waals surface area contributed by atoms with E-state index < -0.39 is 0 Å². The van der Waals surface area contributed by atoms with Gasteiger partial charge in [0.1, 0.15) is 18.0 Å². The molecule has 6 heteroatoms. The number of halogens is 2. The molecule has 0 fully saturated rings. The average Bonchev–Trinajstić information content (AvgIpc) is 2.44. The largest absolute Gasteiger partial charge is 0.340 e. The highest BCUT2D eigenvalue weighted by atomic mass is 79.9. The Hall–Kier alpha value is -2.08. The summed E-state index contributed by atoms with van der Waals surface area (Å²) in [6.45, 7) is 1.90. The molecule has 20 heavy (non-hydrogen) atoms. The monoisotopic (exact) mass is 332 g/mol. The number of aryl methyl sites for hydroxylation is 1. The summed E-state index contributed by atoms with van der Waals surface area (Å²) in [6, 6.07) is 6.72. The van der Waals surface area contributed by atoms with Crippen molar-refractivity contribution >= 4 is 38.3 Å². The Bertz CT molecular complexity index is 791. The highest BCUT2D eigenvalue weighted by Crippen LogP contribution is 2.25. The van der Waals surface area contributed by atoms with Gasteiger partial charge in [-0.3, -0.25) is 4.98 Å². The Kier molecular flexibility index (Phi) is 3.31. The number of nitrogens with zero attached hydrogens (tertiary/aromatic N) is 3. The summed E-state index contributed by atoms with van der Waals surface area (Å²) in [7, 11) is 0. The van der Waals surface area contributed by atoms with E-state index in [-0.39, 0.29) is 5.82 Å². The number of anilines is 2. The van der Waals surface area contributed by atoms with E-state index >= 15 is 0 Å². The first-order chi connectivity index (χ1) is 9.63. The van der Waals surface area contributed by atoms with Gasteiger partial charge in [0.2, 0.25) is 0 Å². The van der Waals surface area contributed by atoms with Gasteiger partial charge in [-0.1, -0.05) is 0 Å². The van der Waals surface area contributed by atoms with Crippen molar-refractivity contribution in [3.05, 3.63) is 52.8 Å². The molecule has 4 nitrogen and oxygen atoms in total. The molecule has 0 aliphatic heterocycles. The molecule has 1 N–H and O–H groups in total. The van der Waals surface area contributed by atoms with Crippen molar-refractivity contribution in [2.75, 3.05) is 5.32 Å². The summed E-state index contributed by atoms with van der Waals surface area (Å²) in [4.78, 5) is 12.6. The molecule has 0 spiro atoms. The van der Waals surface area contributed by atoms with Crippen LogP contribution >= 0.6 is 15.9 Å². The van der Waals surface area contributed by atoms with Gasteiger partial charge in [0.05, 0.1) is 16.2 Å². The molecule has 0 bridgehead atoms. The Morgan fingerprint density at radius 2 is 2.00 bits per heavy atom. The van der Waals surface area contributed by atoms with E-state index in [4.69, 9.17) is 0 Å². The van der Waals surface area contributed by atoms with Crippen molar-refractivity contribution in [1.29, 1.82) is 0 Å². The molecule has 0 amide bonds. The van der Waals surface area contributed by atoms with E-state index in [1.165, 1.54) is 12.4 Å². The summed E-state index contributed by atoms with van der Waals surface area (Å²) in [5, 5.41) is 3.95. The van der Waals surface area contributed by atoms with Crippen molar-refractivity contribution < 1.29 is 4.39 Å². The zero-order chi connectivity index (χ0) is 14.1. The molecule has 0 aliphatic carbocycles. The highest BCUT2D eigenvalue weighted by Gasteiger charge is 2.06. The van der Waals surface area contributed by atoms with Crippen molar-refractivity contribution in [2.24, 2.45) is 0 Å². The molecule has 2 heterocycles. The number of aromatic nitrogens is 3. The van der Waals surface area contributed by atoms with Crippen molar-refractivity contribution in [2.45, 2.75) is 6.92 Å². The maximum absolute atomic E-state index is 13.5. The van der Waals surface area contributed by atoms with Gasteiger partial charge in [-0.25, -0.2) is 14.4 Å². The summed E-state index contributed by atoms with van der Waals surface area (Å²) in [5.41, 5.74) is 2.24. The molecule has 0 unspecified atom stereocenters. The second-order valence-corrected chi connectivity index (χ2v) is 5.17. The number of pyridine rings is 1. The second kappa shape index (κ2) is 5.13. The molecule has 0 aliphatic rings. The van der Waals surface area contributed by atoms with Crippen LogP contribution in [0.1, 0.15) is 5.69 Å². The van der Waals surface area contributed by atoms with Crippen LogP contribution in [0.15, 0.2) is 41.3 Å². The molecule has 3 rings (SSSR count). The van der Waals surface area contributed by atoms with Crippen LogP contribution in [0.3, 0.4) is 0 Å². The van der Waals surface area contributed by atoms with Crippen LogP contribution in [-0.4, -0.2) is 15.0 Å². The van der Waals surface area contributed by atoms with Crippen molar-refractivity contribution in [1.82, 2.24) is 15.0 Å². The van der Waals surface area contributed by atoms with Crippen LogP contribution in [-0.2, 0) is 0 Å². The normalized spacial score (nSPS) is 10.8. The fraction of sp³-hybridized carbons (Fsp3) is 0.0714. The van der Waals surface area contributed by atoms with E-state index in [9.17, 15) is 4.39 Å². The lowest BCUT2D eigenvalue weighted by atomic mass is 10.2. The molecular weight excluding hydrogens is 323 g/mol. The van der Waals surface area contributed by atoms with Crippen LogP contribution in [0.2, 0.25) is 0 Å². The van der Waals surface area contributed by atoms with Crippen LogP contribution < -0.4 is 5.32 Å². The Morgan fingerprint density at radius 1 is 1.15 bits per heavy atom. The molecule has 3 aromatic rings. The van der Waals surface area contributed by atoms with E-state index in [2.05, 4.69) is 36.2 Å². The standard InChI is InChI=1S/C14H10BrFN4/c1-8-4-10-13(6-17-8)18-7-19-14(10)20-9-2-3-11(15)12(16)5-9/h2-7H,1H3,(H,18,19,20). The third kappa shape index (κ3) is 2.46. The maximum Gasteiger partial charge on any atom is 0.141 e. The van der Waals surface area contributed by atoms with E-state index in [0.717, 1.165) is 16.6 Å². The Balaban J connectivity index is 2.05. The van der Waals surface area contributed by atoms with Gasteiger partial charge in [-0.05, 0) is 47.1 Å². The number of fused-ring (bicyclic) bond motifs is 1. The molecule has 0 radical (unpaired) electrons. The smallest absolute Gasteiger partial charge is 0.141 e. The highest BCUT2D eigenvalue weighted by molar-refractivity contribution is 9.10. The van der Waals surface area contributed by atoms with Gasteiger partial charge in [-0.15, -0.1) is 0 Å². The summed E-state index contributed by atoms with van der Waals surface area (Å²) in [5.74, 6) is 0.299. The van der Waals surface area contributed by atoms with Crippen LogP contribution in [0.25, 0.3) is 10.9 Å².